The Kier molecular flexibility index (Phi) is 5.44. The van der Waals surface area contributed by atoms with Crippen molar-refractivity contribution in [2.24, 2.45) is 0 Å². The van der Waals surface area contributed by atoms with Crippen LogP contribution in [-0.4, -0.2) is 5.97 Å². The monoisotopic (exact) mass is 139 g/mol. The van der Waals surface area contributed by atoms with Crippen molar-refractivity contribution in [1.29, 1.82) is 0 Å². The van der Waals surface area contributed by atoms with E-state index in [2.05, 4.69) is 4.74 Å². The average Bonchev–Trinajstić information content (AvgIpc) is 1.89. The minimum absolute atomic E-state index is 0.347. The molecule has 2 heteroatoms. The normalized spacial score (nSPS) is 11.0. The van der Waals surface area contributed by atoms with E-state index in [1.807, 2.05) is 13.0 Å². The van der Waals surface area contributed by atoms with Gasteiger partial charge in [-0.3, -0.25) is 0 Å². The molecular formula is C8H11O2. The molecule has 0 amide bonds. The lowest BCUT2D eigenvalue weighted by atomic mass is 10.4. The number of hydrogen-bond acceptors (Lipinski definition) is 2. The molecule has 0 aliphatic heterocycles. The third kappa shape index (κ3) is 5.09. The average molecular weight is 139 g/mol. The molecule has 2 nitrogen and oxygen atoms in total. The van der Waals surface area contributed by atoms with E-state index < -0.39 is 0 Å². The first-order valence-corrected chi connectivity index (χ1v) is 3.09. The van der Waals surface area contributed by atoms with Crippen molar-refractivity contribution in [2.75, 3.05) is 0 Å². The Morgan fingerprint density at radius 2 is 2.00 bits per heavy atom. The predicted molar refractivity (Wildman–Crippen MR) is 40.0 cm³/mol. The zero-order valence-corrected chi connectivity index (χ0v) is 6.20. The maximum absolute atomic E-state index is 10.5. The number of esters is 1. The lowest BCUT2D eigenvalue weighted by molar-refractivity contribution is -0.134. The minimum Gasteiger partial charge on any atom is -0.456 e. The van der Waals surface area contributed by atoms with Gasteiger partial charge in [0.25, 0.3) is 0 Å². The van der Waals surface area contributed by atoms with Crippen LogP contribution in [0.1, 0.15) is 13.8 Å². The molecule has 0 fully saturated rings. The minimum atomic E-state index is -0.347. The third-order valence-corrected chi connectivity index (χ3v) is 0.770. The van der Waals surface area contributed by atoms with Gasteiger partial charge in [-0.25, -0.2) is 4.79 Å². The van der Waals surface area contributed by atoms with Crippen LogP contribution in [0, 0.1) is 6.61 Å². The second kappa shape index (κ2) is 6.08. The first kappa shape index (κ1) is 8.95. The van der Waals surface area contributed by atoms with Crippen LogP contribution in [0.25, 0.3) is 0 Å². The summed E-state index contributed by atoms with van der Waals surface area (Å²) in [5, 5.41) is 0. The van der Waals surface area contributed by atoms with Gasteiger partial charge in [0, 0.05) is 6.08 Å². The maximum atomic E-state index is 10.5. The number of allylic oxidation sites excluding steroid dienone is 3. The van der Waals surface area contributed by atoms with Gasteiger partial charge >= 0.3 is 5.97 Å². The van der Waals surface area contributed by atoms with Crippen molar-refractivity contribution in [2.45, 2.75) is 13.8 Å². The Morgan fingerprint density at radius 1 is 1.30 bits per heavy atom. The van der Waals surface area contributed by atoms with E-state index in [4.69, 9.17) is 0 Å². The van der Waals surface area contributed by atoms with Gasteiger partial charge in [-0.2, -0.15) is 0 Å². The molecule has 0 aromatic carbocycles. The summed E-state index contributed by atoms with van der Waals surface area (Å²) in [6.45, 7) is 4.88. The molecule has 1 radical (unpaired) electrons. The van der Waals surface area contributed by atoms with Crippen LogP contribution in [-0.2, 0) is 9.53 Å². The molecule has 10 heavy (non-hydrogen) atoms. The van der Waals surface area contributed by atoms with E-state index in [1.54, 1.807) is 19.1 Å². The lowest BCUT2D eigenvalue weighted by Gasteiger charge is -1.91. The van der Waals surface area contributed by atoms with Crippen LogP contribution < -0.4 is 0 Å². The molecule has 0 spiro atoms. The van der Waals surface area contributed by atoms with Gasteiger partial charge in [0.2, 0.25) is 0 Å². The van der Waals surface area contributed by atoms with Crippen LogP contribution in [0.4, 0.5) is 0 Å². The fourth-order valence-electron chi connectivity index (χ4n) is 0.401. The van der Waals surface area contributed by atoms with Crippen molar-refractivity contribution < 1.29 is 9.53 Å². The van der Waals surface area contributed by atoms with Crippen molar-refractivity contribution in [3.8, 4) is 0 Å². The van der Waals surface area contributed by atoms with Crippen molar-refractivity contribution >= 4 is 5.97 Å². The zero-order valence-electron chi connectivity index (χ0n) is 6.20. The standard InChI is InChI=1S/C8H11O2/c1-3-5-6-7-8(9)10-4-2/h3-7H,1-2H3. The quantitative estimate of drug-likeness (QED) is 0.339. The molecule has 0 aromatic heterocycles. The van der Waals surface area contributed by atoms with E-state index in [0.717, 1.165) is 0 Å². The zero-order chi connectivity index (χ0) is 7.82. The molecule has 55 valence electrons. The molecule has 0 rings (SSSR count). The summed E-state index contributed by atoms with van der Waals surface area (Å²) < 4.78 is 4.50. The summed E-state index contributed by atoms with van der Waals surface area (Å²) in [7, 11) is 0. The molecule has 0 bridgehead atoms. The SMILES string of the molecule is C[CH]OC(=O)C=CC=CC. The first-order valence-electron chi connectivity index (χ1n) is 3.09. The van der Waals surface area contributed by atoms with E-state index in [9.17, 15) is 4.79 Å². The fraction of sp³-hybridized carbons (Fsp3) is 0.250. The number of hydrogen-bond donors (Lipinski definition) is 0. The van der Waals surface area contributed by atoms with Crippen molar-refractivity contribution in [3.05, 3.63) is 30.9 Å². The molecule has 0 heterocycles. The topological polar surface area (TPSA) is 26.3 Å². The lowest BCUT2D eigenvalue weighted by Crippen LogP contribution is -1.94. The van der Waals surface area contributed by atoms with E-state index in [0.29, 0.717) is 0 Å². The van der Waals surface area contributed by atoms with Gasteiger partial charge in [0.1, 0.15) is 6.61 Å². The maximum Gasteiger partial charge on any atom is 0.331 e. The van der Waals surface area contributed by atoms with Gasteiger partial charge < -0.3 is 4.74 Å². The van der Waals surface area contributed by atoms with E-state index >= 15 is 0 Å². The highest BCUT2D eigenvalue weighted by atomic mass is 16.5. The molecule has 0 atom stereocenters. The van der Waals surface area contributed by atoms with E-state index in [1.165, 1.54) is 12.7 Å². The highest BCUT2D eigenvalue weighted by Crippen LogP contribution is 1.84. The summed E-state index contributed by atoms with van der Waals surface area (Å²) in [5.74, 6) is -0.347. The number of carbonyl (C=O) groups is 1. The Bertz CT molecular complexity index is 145. The molecule has 0 aromatic rings. The second-order valence-electron chi connectivity index (χ2n) is 1.56. The Morgan fingerprint density at radius 3 is 2.50 bits per heavy atom. The van der Waals surface area contributed by atoms with Crippen LogP contribution in [0.5, 0.6) is 0 Å². The van der Waals surface area contributed by atoms with Crippen LogP contribution in [0.3, 0.4) is 0 Å². The molecule has 0 N–H and O–H groups in total. The summed E-state index contributed by atoms with van der Waals surface area (Å²) in [6.07, 6.45) is 6.59. The number of carbonyl (C=O) groups excluding carboxylic acids is 1. The summed E-state index contributed by atoms with van der Waals surface area (Å²) >= 11 is 0. The summed E-state index contributed by atoms with van der Waals surface area (Å²) in [5.41, 5.74) is 0. The highest BCUT2D eigenvalue weighted by molar-refractivity contribution is 5.82. The molecular weight excluding hydrogens is 128 g/mol. The smallest absolute Gasteiger partial charge is 0.331 e. The van der Waals surface area contributed by atoms with Gasteiger partial charge in [0.15, 0.2) is 0 Å². The van der Waals surface area contributed by atoms with Gasteiger partial charge in [-0.1, -0.05) is 18.2 Å². The Labute approximate surface area is 61.2 Å². The van der Waals surface area contributed by atoms with Crippen LogP contribution >= 0.6 is 0 Å². The predicted octanol–water partition coefficient (Wildman–Crippen LogP) is 1.84. The number of ether oxygens (including phenoxy) is 1. The van der Waals surface area contributed by atoms with Gasteiger partial charge in [-0.15, -0.1) is 0 Å². The molecule has 0 aliphatic rings. The molecule has 0 unspecified atom stereocenters. The van der Waals surface area contributed by atoms with Gasteiger partial charge in [0.05, 0.1) is 0 Å². The first-order chi connectivity index (χ1) is 4.81. The Balaban J connectivity index is 3.56. The fourth-order valence-corrected chi connectivity index (χ4v) is 0.401. The summed E-state index contributed by atoms with van der Waals surface area (Å²) in [4.78, 5) is 10.5. The summed E-state index contributed by atoms with van der Waals surface area (Å²) in [6, 6.07) is 0. The molecule has 0 aliphatic carbocycles. The number of rotatable bonds is 3. The van der Waals surface area contributed by atoms with E-state index in [-0.39, 0.29) is 5.97 Å². The second-order valence-corrected chi connectivity index (χ2v) is 1.56. The van der Waals surface area contributed by atoms with Gasteiger partial charge in [-0.05, 0) is 13.8 Å². The highest BCUT2D eigenvalue weighted by Gasteiger charge is 1.89. The molecule has 0 saturated carbocycles. The third-order valence-electron chi connectivity index (χ3n) is 0.770. The largest absolute Gasteiger partial charge is 0.456 e. The Hall–Kier alpha value is -1.05. The van der Waals surface area contributed by atoms with Crippen LogP contribution in [0.15, 0.2) is 24.3 Å². The van der Waals surface area contributed by atoms with Crippen molar-refractivity contribution in [3.63, 3.8) is 0 Å². The van der Waals surface area contributed by atoms with Crippen LogP contribution in [0.2, 0.25) is 0 Å². The van der Waals surface area contributed by atoms with Crippen molar-refractivity contribution in [1.82, 2.24) is 0 Å². The molecule has 0 saturated heterocycles.